The van der Waals surface area contributed by atoms with Gasteiger partial charge in [-0.3, -0.25) is 4.90 Å². The monoisotopic (exact) mass is 436 g/mol. The molecule has 1 N–H and O–H groups in total. The van der Waals surface area contributed by atoms with Gasteiger partial charge in [-0.25, -0.2) is 13.1 Å². The quantitative estimate of drug-likeness (QED) is 0.787. The van der Waals surface area contributed by atoms with Crippen molar-refractivity contribution >= 4 is 41.9 Å². The van der Waals surface area contributed by atoms with Crippen molar-refractivity contribution in [3.8, 4) is 0 Å². The first-order valence-corrected chi connectivity index (χ1v) is 10.2. The second-order valence-corrected chi connectivity index (χ2v) is 9.26. The van der Waals surface area contributed by atoms with Crippen LogP contribution in [0.2, 0.25) is 0 Å². The van der Waals surface area contributed by atoms with Gasteiger partial charge in [-0.1, -0.05) is 15.9 Å². The van der Waals surface area contributed by atoms with E-state index in [0.29, 0.717) is 15.4 Å². The Balaban J connectivity index is 1.76. The first kappa shape index (κ1) is 15.9. The van der Waals surface area contributed by atoms with E-state index in [4.69, 9.17) is 0 Å². The summed E-state index contributed by atoms with van der Waals surface area (Å²) in [7, 11) is -3.50. The number of likely N-dealkylation sites (tertiary alicyclic amines) is 1. The molecule has 2 fully saturated rings. The molecule has 1 saturated carbocycles. The topological polar surface area (TPSA) is 49.4 Å². The predicted octanol–water partition coefficient (Wildman–Crippen LogP) is 3.04. The number of hydrogen-bond donors (Lipinski definition) is 1. The van der Waals surface area contributed by atoms with E-state index in [-0.39, 0.29) is 6.04 Å². The zero-order chi connectivity index (χ0) is 15.2. The van der Waals surface area contributed by atoms with Crippen LogP contribution in [0.3, 0.4) is 0 Å². The van der Waals surface area contributed by atoms with Gasteiger partial charge in [0, 0.05) is 34.1 Å². The highest BCUT2D eigenvalue weighted by atomic mass is 79.9. The minimum absolute atomic E-state index is 0.0163. The van der Waals surface area contributed by atoms with Crippen molar-refractivity contribution in [1.29, 1.82) is 0 Å². The number of sulfonamides is 1. The molecule has 1 heterocycles. The van der Waals surface area contributed by atoms with Gasteiger partial charge in [-0.15, -0.1) is 0 Å². The van der Waals surface area contributed by atoms with Crippen molar-refractivity contribution < 1.29 is 8.42 Å². The lowest BCUT2D eigenvalue weighted by Gasteiger charge is -2.17. The van der Waals surface area contributed by atoms with Crippen LogP contribution in [0.4, 0.5) is 0 Å². The molecular weight excluding hydrogens is 420 g/mol. The van der Waals surface area contributed by atoms with Crippen LogP contribution in [-0.2, 0) is 10.0 Å². The Morgan fingerprint density at radius 3 is 2.57 bits per heavy atom. The lowest BCUT2D eigenvalue weighted by molar-refractivity contribution is 0.322. The van der Waals surface area contributed by atoms with Crippen molar-refractivity contribution in [2.45, 2.75) is 43.2 Å². The highest BCUT2D eigenvalue weighted by Gasteiger charge is 2.36. The number of nitrogens with one attached hydrogen (secondary N) is 1. The Labute approximate surface area is 142 Å². The maximum Gasteiger partial charge on any atom is 0.242 e. The van der Waals surface area contributed by atoms with Gasteiger partial charge >= 0.3 is 0 Å². The molecule has 0 bridgehead atoms. The number of rotatable bonds is 4. The Morgan fingerprint density at radius 2 is 1.90 bits per heavy atom. The van der Waals surface area contributed by atoms with Crippen LogP contribution in [-0.4, -0.2) is 38.5 Å². The van der Waals surface area contributed by atoms with E-state index in [0.717, 1.165) is 29.5 Å². The largest absolute Gasteiger partial charge is 0.299 e. The average Bonchev–Trinajstić information content (AvgIpc) is 3.15. The average molecular weight is 438 g/mol. The molecule has 1 unspecified atom stereocenters. The first-order chi connectivity index (χ1) is 9.87. The maximum absolute atomic E-state index is 12.6. The summed E-state index contributed by atoms with van der Waals surface area (Å²) in [6, 6.07) is 4.20. The minimum Gasteiger partial charge on any atom is -0.299 e. The molecule has 3 rings (SSSR count). The highest BCUT2D eigenvalue weighted by Crippen LogP contribution is 2.31. The van der Waals surface area contributed by atoms with Crippen LogP contribution in [0.5, 0.6) is 0 Å². The van der Waals surface area contributed by atoms with Gasteiger partial charge < -0.3 is 0 Å². The molecule has 116 valence electrons. The number of benzene rings is 1. The standard InChI is InChI=1S/C14H18Br2N2O2S/c1-9-6-13(16)14(7-12(9)15)21(19,20)17-10-4-5-18(8-10)11-2-3-11/h6-7,10-11,17H,2-5,8H2,1H3. The van der Waals surface area contributed by atoms with Crippen molar-refractivity contribution in [3.05, 3.63) is 26.6 Å². The van der Waals surface area contributed by atoms with Crippen LogP contribution in [0.1, 0.15) is 24.8 Å². The Kier molecular flexibility index (Phi) is 4.49. The third-order valence-electron chi connectivity index (χ3n) is 4.11. The number of halogens is 2. The van der Waals surface area contributed by atoms with E-state index in [1.807, 2.05) is 13.0 Å². The third kappa shape index (κ3) is 3.52. The fourth-order valence-electron chi connectivity index (χ4n) is 2.77. The van der Waals surface area contributed by atoms with Crippen LogP contribution < -0.4 is 4.72 Å². The van der Waals surface area contributed by atoms with E-state index in [2.05, 4.69) is 41.5 Å². The number of hydrogen-bond acceptors (Lipinski definition) is 3. The molecule has 21 heavy (non-hydrogen) atoms. The molecule has 1 aliphatic heterocycles. The van der Waals surface area contributed by atoms with Crippen molar-refractivity contribution in [1.82, 2.24) is 9.62 Å². The molecule has 0 amide bonds. The molecule has 7 heteroatoms. The van der Waals surface area contributed by atoms with Crippen molar-refractivity contribution in [2.24, 2.45) is 0 Å². The zero-order valence-electron chi connectivity index (χ0n) is 11.8. The fourth-order valence-corrected chi connectivity index (χ4v) is 5.71. The second kappa shape index (κ2) is 5.92. The minimum atomic E-state index is -3.50. The summed E-state index contributed by atoms with van der Waals surface area (Å²) in [5.41, 5.74) is 1.00. The maximum atomic E-state index is 12.6. The Bertz CT molecular complexity index is 659. The van der Waals surface area contributed by atoms with Gasteiger partial charge in [0.05, 0.1) is 4.90 Å². The van der Waals surface area contributed by atoms with Crippen LogP contribution in [0.15, 0.2) is 26.0 Å². The van der Waals surface area contributed by atoms with Gasteiger partial charge in [-0.05, 0) is 59.8 Å². The van der Waals surface area contributed by atoms with Gasteiger partial charge in [0.1, 0.15) is 0 Å². The van der Waals surface area contributed by atoms with E-state index >= 15 is 0 Å². The summed E-state index contributed by atoms with van der Waals surface area (Å²) in [4.78, 5) is 2.69. The molecule has 1 aliphatic carbocycles. The molecule has 4 nitrogen and oxygen atoms in total. The SMILES string of the molecule is Cc1cc(Br)c(S(=O)(=O)NC2CCN(C3CC3)C2)cc1Br. The molecule has 1 aromatic rings. The molecule has 1 saturated heterocycles. The summed E-state index contributed by atoms with van der Waals surface area (Å²) >= 11 is 6.76. The summed E-state index contributed by atoms with van der Waals surface area (Å²) in [5, 5.41) is 0. The van der Waals surface area contributed by atoms with E-state index in [1.54, 1.807) is 6.07 Å². The van der Waals surface area contributed by atoms with Gasteiger partial charge in [-0.2, -0.15) is 0 Å². The number of nitrogens with zero attached hydrogens (tertiary/aromatic N) is 1. The first-order valence-electron chi connectivity index (χ1n) is 7.09. The lowest BCUT2D eigenvalue weighted by Crippen LogP contribution is -2.37. The molecule has 0 radical (unpaired) electrons. The molecule has 1 aromatic carbocycles. The van der Waals surface area contributed by atoms with Crippen LogP contribution >= 0.6 is 31.9 Å². The fraction of sp³-hybridized carbons (Fsp3) is 0.571. The summed E-state index contributed by atoms with van der Waals surface area (Å²) in [6.45, 7) is 3.76. The Hall–Kier alpha value is 0.0500. The van der Waals surface area contributed by atoms with Gasteiger partial charge in [0.15, 0.2) is 0 Å². The molecular formula is C14H18Br2N2O2S. The third-order valence-corrected chi connectivity index (χ3v) is 7.44. The van der Waals surface area contributed by atoms with Crippen LogP contribution in [0.25, 0.3) is 0 Å². The van der Waals surface area contributed by atoms with E-state index < -0.39 is 10.0 Å². The summed E-state index contributed by atoms with van der Waals surface area (Å²) < 4.78 is 29.4. The second-order valence-electron chi connectivity index (χ2n) is 5.86. The normalized spacial score (nSPS) is 23.7. The van der Waals surface area contributed by atoms with E-state index in [1.165, 1.54) is 12.8 Å². The predicted molar refractivity (Wildman–Crippen MR) is 89.9 cm³/mol. The zero-order valence-corrected chi connectivity index (χ0v) is 15.8. The summed E-state index contributed by atoms with van der Waals surface area (Å²) in [6.07, 6.45) is 3.41. The lowest BCUT2D eigenvalue weighted by atomic mass is 10.2. The molecule has 1 atom stereocenters. The van der Waals surface area contributed by atoms with E-state index in [9.17, 15) is 8.42 Å². The van der Waals surface area contributed by atoms with Gasteiger partial charge in [0.2, 0.25) is 10.0 Å². The van der Waals surface area contributed by atoms with Crippen molar-refractivity contribution in [3.63, 3.8) is 0 Å². The highest BCUT2D eigenvalue weighted by molar-refractivity contribution is 9.11. The van der Waals surface area contributed by atoms with Crippen LogP contribution in [0, 0.1) is 6.92 Å². The Morgan fingerprint density at radius 1 is 1.19 bits per heavy atom. The smallest absolute Gasteiger partial charge is 0.242 e. The summed E-state index contributed by atoms with van der Waals surface area (Å²) in [5.74, 6) is 0. The molecule has 0 aromatic heterocycles. The molecule has 2 aliphatic rings. The van der Waals surface area contributed by atoms with Gasteiger partial charge in [0.25, 0.3) is 0 Å². The number of aryl methyl sites for hydroxylation is 1. The van der Waals surface area contributed by atoms with Crippen molar-refractivity contribution in [2.75, 3.05) is 13.1 Å². The molecule has 0 spiro atoms.